The lowest BCUT2D eigenvalue weighted by molar-refractivity contribution is -0.0601. The van der Waals surface area contributed by atoms with Gasteiger partial charge in [-0.25, -0.2) is 4.79 Å². The first-order valence-electron chi connectivity index (χ1n) is 5.88. The highest BCUT2D eigenvalue weighted by Gasteiger charge is 2.36. The number of rotatable bonds is 5. The first-order valence-corrected chi connectivity index (χ1v) is 6.26. The van der Waals surface area contributed by atoms with Crippen LogP contribution in [0.5, 0.6) is 0 Å². The fraction of sp³-hybridized carbons (Fsp3) is 0.462. The minimum atomic E-state index is -1.01. The molecule has 5 heteroatoms. The summed E-state index contributed by atoms with van der Waals surface area (Å²) in [5.41, 5.74) is 0.860. The smallest absolute Gasteiger partial charge is 0.337 e. The van der Waals surface area contributed by atoms with Gasteiger partial charge in [0.15, 0.2) is 0 Å². The number of hydrogen-bond acceptors (Lipinski definition) is 3. The third-order valence-corrected chi connectivity index (χ3v) is 3.82. The lowest BCUT2D eigenvalue weighted by Crippen LogP contribution is -2.45. The Morgan fingerprint density at radius 1 is 1.56 bits per heavy atom. The van der Waals surface area contributed by atoms with Crippen molar-refractivity contribution >= 4 is 23.3 Å². The number of anilines is 1. The molecular formula is C13H16ClNO3. The summed E-state index contributed by atoms with van der Waals surface area (Å²) in [5, 5.41) is 12.4. The van der Waals surface area contributed by atoms with E-state index in [1.54, 1.807) is 19.2 Å². The second-order valence-corrected chi connectivity index (χ2v) is 5.00. The monoisotopic (exact) mass is 269 g/mol. The van der Waals surface area contributed by atoms with Crippen LogP contribution < -0.4 is 5.32 Å². The Balaban J connectivity index is 2.02. The van der Waals surface area contributed by atoms with Crippen LogP contribution in [0.4, 0.5) is 5.69 Å². The number of carboxylic acid groups (broad SMARTS) is 1. The average Bonchev–Trinajstić information content (AvgIpc) is 2.27. The standard InChI is InChI=1S/C13H16ClNO3/c1-18-13(5-2-6-13)8-15-9-3-4-10(12(16)17)11(14)7-9/h3-4,7,15H,2,5-6,8H2,1H3,(H,16,17). The topological polar surface area (TPSA) is 58.6 Å². The molecule has 18 heavy (non-hydrogen) atoms. The lowest BCUT2D eigenvalue weighted by Gasteiger charge is -2.40. The molecule has 2 rings (SSSR count). The number of carboxylic acids is 1. The van der Waals surface area contributed by atoms with Gasteiger partial charge in [0.2, 0.25) is 0 Å². The van der Waals surface area contributed by atoms with Crippen LogP contribution in [0.15, 0.2) is 18.2 Å². The van der Waals surface area contributed by atoms with Crippen LogP contribution >= 0.6 is 11.6 Å². The molecule has 0 saturated heterocycles. The van der Waals surface area contributed by atoms with E-state index in [0.717, 1.165) is 18.5 Å². The molecule has 1 saturated carbocycles. The lowest BCUT2D eigenvalue weighted by atomic mass is 9.80. The minimum Gasteiger partial charge on any atom is -0.478 e. The van der Waals surface area contributed by atoms with Crippen molar-refractivity contribution in [3.05, 3.63) is 28.8 Å². The molecule has 1 fully saturated rings. The molecule has 0 bridgehead atoms. The van der Waals surface area contributed by atoms with Gasteiger partial charge < -0.3 is 15.2 Å². The van der Waals surface area contributed by atoms with Crippen molar-refractivity contribution in [2.24, 2.45) is 0 Å². The summed E-state index contributed by atoms with van der Waals surface area (Å²) in [4.78, 5) is 10.8. The SMILES string of the molecule is COC1(CNc2ccc(C(=O)O)c(Cl)c2)CCC1. The molecule has 0 unspecified atom stereocenters. The molecule has 0 heterocycles. The van der Waals surface area contributed by atoms with Crippen LogP contribution in [0.3, 0.4) is 0 Å². The zero-order chi connectivity index (χ0) is 13.2. The van der Waals surface area contributed by atoms with Gasteiger partial charge in [-0.1, -0.05) is 11.6 Å². The minimum absolute atomic E-state index is 0.0715. The maximum atomic E-state index is 10.8. The highest BCUT2D eigenvalue weighted by Crippen LogP contribution is 2.35. The van der Waals surface area contributed by atoms with E-state index in [-0.39, 0.29) is 16.2 Å². The summed E-state index contributed by atoms with van der Waals surface area (Å²) < 4.78 is 5.50. The van der Waals surface area contributed by atoms with Crippen molar-refractivity contribution < 1.29 is 14.6 Å². The van der Waals surface area contributed by atoms with Crippen LogP contribution in [-0.2, 0) is 4.74 Å². The van der Waals surface area contributed by atoms with E-state index in [1.165, 1.54) is 12.5 Å². The quantitative estimate of drug-likeness (QED) is 0.863. The number of nitrogens with one attached hydrogen (secondary N) is 1. The summed E-state index contributed by atoms with van der Waals surface area (Å²) >= 11 is 5.90. The molecule has 1 aromatic rings. The Hall–Kier alpha value is -1.26. The Kier molecular flexibility index (Phi) is 3.78. The van der Waals surface area contributed by atoms with Gasteiger partial charge in [-0.2, -0.15) is 0 Å². The fourth-order valence-electron chi connectivity index (χ4n) is 2.09. The third kappa shape index (κ3) is 2.60. The van der Waals surface area contributed by atoms with Crippen LogP contribution in [0.1, 0.15) is 29.6 Å². The second-order valence-electron chi connectivity index (χ2n) is 4.59. The molecule has 98 valence electrons. The number of hydrogen-bond donors (Lipinski definition) is 2. The largest absolute Gasteiger partial charge is 0.478 e. The van der Waals surface area contributed by atoms with Gasteiger partial charge in [0.05, 0.1) is 16.2 Å². The molecule has 0 spiro atoms. The van der Waals surface area contributed by atoms with E-state index in [0.29, 0.717) is 6.54 Å². The molecule has 0 aromatic heterocycles. The molecule has 4 nitrogen and oxygen atoms in total. The van der Waals surface area contributed by atoms with Gasteiger partial charge in [0.25, 0.3) is 0 Å². The third-order valence-electron chi connectivity index (χ3n) is 3.51. The molecule has 1 aliphatic carbocycles. The zero-order valence-corrected chi connectivity index (χ0v) is 11.0. The predicted molar refractivity (Wildman–Crippen MR) is 70.5 cm³/mol. The zero-order valence-electron chi connectivity index (χ0n) is 10.2. The van der Waals surface area contributed by atoms with E-state index in [2.05, 4.69) is 5.32 Å². The predicted octanol–water partition coefficient (Wildman–Crippen LogP) is 3.02. The normalized spacial score (nSPS) is 17.0. The van der Waals surface area contributed by atoms with Gasteiger partial charge in [-0.15, -0.1) is 0 Å². The Labute approximate surface area is 111 Å². The maximum absolute atomic E-state index is 10.8. The molecule has 0 aliphatic heterocycles. The van der Waals surface area contributed by atoms with Gasteiger partial charge in [-0.05, 0) is 37.5 Å². The summed E-state index contributed by atoms with van der Waals surface area (Å²) in [6.45, 7) is 0.715. The highest BCUT2D eigenvalue weighted by atomic mass is 35.5. The fourth-order valence-corrected chi connectivity index (χ4v) is 2.35. The van der Waals surface area contributed by atoms with Crippen LogP contribution in [0, 0.1) is 0 Å². The van der Waals surface area contributed by atoms with Gasteiger partial charge >= 0.3 is 5.97 Å². The highest BCUT2D eigenvalue weighted by molar-refractivity contribution is 6.33. The number of aromatic carboxylic acids is 1. The van der Waals surface area contributed by atoms with Crippen LogP contribution in [-0.4, -0.2) is 30.3 Å². The van der Waals surface area contributed by atoms with Crippen molar-refractivity contribution in [3.63, 3.8) is 0 Å². The Morgan fingerprint density at radius 2 is 2.28 bits per heavy atom. The van der Waals surface area contributed by atoms with Crippen LogP contribution in [0.2, 0.25) is 5.02 Å². The summed E-state index contributed by atoms with van der Waals surface area (Å²) in [5.74, 6) is -1.01. The van der Waals surface area contributed by atoms with Crippen molar-refractivity contribution in [1.82, 2.24) is 0 Å². The number of methoxy groups -OCH3 is 1. The van der Waals surface area contributed by atoms with Crippen molar-refractivity contribution in [2.45, 2.75) is 24.9 Å². The van der Waals surface area contributed by atoms with Crippen molar-refractivity contribution in [2.75, 3.05) is 19.0 Å². The van der Waals surface area contributed by atoms with E-state index in [9.17, 15) is 4.79 Å². The first kappa shape index (κ1) is 13.2. The average molecular weight is 270 g/mol. The molecule has 2 N–H and O–H groups in total. The summed E-state index contributed by atoms with van der Waals surface area (Å²) in [6.07, 6.45) is 3.29. The second kappa shape index (κ2) is 5.16. The van der Waals surface area contributed by atoms with Crippen molar-refractivity contribution in [1.29, 1.82) is 0 Å². The maximum Gasteiger partial charge on any atom is 0.337 e. The molecule has 0 amide bonds. The van der Waals surface area contributed by atoms with E-state index in [1.807, 2.05) is 0 Å². The van der Waals surface area contributed by atoms with E-state index in [4.69, 9.17) is 21.4 Å². The molecule has 1 aromatic carbocycles. The van der Waals surface area contributed by atoms with Gasteiger partial charge in [0.1, 0.15) is 0 Å². The van der Waals surface area contributed by atoms with E-state index < -0.39 is 5.97 Å². The number of benzene rings is 1. The van der Waals surface area contributed by atoms with Crippen molar-refractivity contribution in [3.8, 4) is 0 Å². The number of ether oxygens (including phenoxy) is 1. The molecule has 0 radical (unpaired) electrons. The molecule has 1 aliphatic rings. The number of halogens is 1. The Bertz CT molecular complexity index is 452. The number of carbonyl (C=O) groups is 1. The van der Waals surface area contributed by atoms with Gasteiger partial charge in [0, 0.05) is 19.3 Å². The first-order chi connectivity index (χ1) is 8.56. The molecule has 0 atom stereocenters. The Morgan fingerprint density at radius 3 is 2.72 bits per heavy atom. The van der Waals surface area contributed by atoms with Gasteiger partial charge in [-0.3, -0.25) is 0 Å². The van der Waals surface area contributed by atoms with Crippen LogP contribution in [0.25, 0.3) is 0 Å². The summed E-state index contributed by atoms with van der Waals surface area (Å²) in [6, 6.07) is 4.86. The van der Waals surface area contributed by atoms with E-state index >= 15 is 0 Å². The summed E-state index contributed by atoms with van der Waals surface area (Å²) in [7, 11) is 1.72. The molecular weight excluding hydrogens is 254 g/mol.